The number of nitrogens with zero attached hydrogens (tertiary/aromatic N) is 1. The van der Waals surface area contributed by atoms with Crippen molar-refractivity contribution in [1.29, 1.82) is 0 Å². The zero-order chi connectivity index (χ0) is 12.4. The van der Waals surface area contributed by atoms with Gasteiger partial charge in [0.2, 0.25) is 0 Å². The number of fused-ring (bicyclic) bond motifs is 1. The van der Waals surface area contributed by atoms with Gasteiger partial charge in [-0.25, -0.2) is 0 Å². The second kappa shape index (κ2) is 5.39. The molecule has 1 aliphatic rings. The van der Waals surface area contributed by atoms with Gasteiger partial charge in [-0.2, -0.15) is 0 Å². The molecule has 1 atom stereocenters. The average Bonchev–Trinajstić information content (AvgIpc) is 2.71. The second-order valence-corrected chi connectivity index (χ2v) is 6.43. The van der Waals surface area contributed by atoms with E-state index in [9.17, 15) is 13.6 Å². The van der Waals surface area contributed by atoms with Crippen molar-refractivity contribution in [3.05, 3.63) is 16.5 Å². The Morgan fingerprint density at radius 3 is 2.94 bits per heavy atom. The van der Waals surface area contributed by atoms with E-state index in [1.54, 1.807) is 0 Å². The maximum atomic E-state index is 11.9. The number of carbonyl (C=O) groups excluding carboxylic acids is 1. The lowest BCUT2D eigenvalue weighted by atomic mass is 10.1. The van der Waals surface area contributed by atoms with Crippen LogP contribution in [0.4, 0.5) is 0 Å². The Kier molecular flexibility index (Phi) is 4.09. The summed E-state index contributed by atoms with van der Waals surface area (Å²) in [6.07, 6.45) is 2.16. The van der Waals surface area contributed by atoms with Crippen molar-refractivity contribution >= 4 is 28.2 Å². The zero-order valence-corrected chi connectivity index (χ0v) is 11.2. The first-order valence-corrected chi connectivity index (χ1v) is 7.48. The molecule has 2 rings (SSSR count). The van der Waals surface area contributed by atoms with Crippen molar-refractivity contribution in [2.24, 2.45) is 0 Å². The van der Waals surface area contributed by atoms with E-state index in [4.69, 9.17) is 0 Å². The number of hydrogen-bond acceptors (Lipinski definition) is 5. The van der Waals surface area contributed by atoms with Gasteiger partial charge in [0.1, 0.15) is 0 Å². The van der Waals surface area contributed by atoms with Gasteiger partial charge in [-0.1, -0.05) is 13.3 Å². The van der Waals surface area contributed by atoms with Crippen LogP contribution < -0.4 is 0 Å². The molecule has 1 aliphatic heterocycles. The standard InChI is InChI=1S/C11H15NO3S2/c1-2-3-4-12-6-9(13)8-5-11(17(14)15)16-10(8)7-12/h5H,2-4,6-7H2,1H3,(H,14,15)/p-1. The zero-order valence-electron chi connectivity index (χ0n) is 9.60. The molecule has 17 heavy (non-hydrogen) atoms. The number of unbranched alkanes of at least 4 members (excludes halogenated alkanes) is 1. The van der Waals surface area contributed by atoms with Crippen molar-refractivity contribution in [3.8, 4) is 0 Å². The Morgan fingerprint density at radius 2 is 2.29 bits per heavy atom. The summed E-state index contributed by atoms with van der Waals surface area (Å²) < 4.78 is 22.0. The van der Waals surface area contributed by atoms with Gasteiger partial charge in [-0.05, 0) is 30.1 Å². The van der Waals surface area contributed by atoms with E-state index in [-0.39, 0.29) is 9.99 Å². The van der Waals surface area contributed by atoms with Crippen LogP contribution >= 0.6 is 11.3 Å². The number of hydrogen-bond donors (Lipinski definition) is 0. The smallest absolute Gasteiger partial charge is 0.178 e. The Balaban J connectivity index is 2.18. The summed E-state index contributed by atoms with van der Waals surface area (Å²) in [4.78, 5) is 14.8. The summed E-state index contributed by atoms with van der Waals surface area (Å²) in [7, 11) is 0. The van der Waals surface area contributed by atoms with Gasteiger partial charge < -0.3 is 4.55 Å². The number of Topliss-reactive ketones (excluding diaryl/α,β-unsaturated/α-hetero) is 1. The predicted molar refractivity (Wildman–Crippen MR) is 66.0 cm³/mol. The van der Waals surface area contributed by atoms with Gasteiger partial charge in [0.25, 0.3) is 0 Å². The third kappa shape index (κ3) is 2.82. The molecule has 1 aromatic rings. The molecule has 0 saturated carbocycles. The first-order chi connectivity index (χ1) is 8.11. The highest BCUT2D eigenvalue weighted by Gasteiger charge is 2.25. The van der Waals surface area contributed by atoms with Gasteiger partial charge in [0.15, 0.2) is 5.78 Å². The monoisotopic (exact) mass is 272 g/mol. The van der Waals surface area contributed by atoms with Crippen LogP contribution in [0.5, 0.6) is 0 Å². The van der Waals surface area contributed by atoms with Gasteiger partial charge >= 0.3 is 0 Å². The molecular weight excluding hydrogens is 258 g/mol. The quantitative estimate of drug-likeness (QED) is 0.784. The molecule has 4 nitrogen and oxygen atoms in total. The van der Waals surface area contributed by atoms with Crippen LogP contribution in [0.25, 0.3) is 0 Å². The van der Waals surface area contributed by atoms with E-state index in [1.165, 1.54) is 17.4 Å². The summed E-state index contributed by atoms with van der Waals surface area (Å²) in [5, 5.41) is 0. The van der Waals surface area contributed by atoms with Gasteiger partial charge in [0.05, 0.1) is 10.8 Å². The molecule has 0 aliphatic carbocycles. The normalized spacial score (nSPS) is 18.1. The number of ketones is 1. The highest BCUT2D eigenvalue weighted by molar-refractivity contribution is 7.81. The lowest BCUT2D eigenvalue weighted by molar-refractivity contribution is 0.0902. The molecule has 1 unspecified atom stereocenters. The summed E-state index contributed by atoms with van der Waals surface area (Å²) in [6.45, 7) is 4.12. The van der Waals surface area contributed by atoms with Crippen LogP contribution in [0.3, 0.4) is 0 Å². The molecule has 0 radical (unpaired) electrons. The van der Waals surface area contributed by atoms with Gasteiger partial charge in [-0.3, -0.25) is 13.9 Å². The SMILES string of the molecule is CCCCN1CC(=O)c2cc(S(=O)[O-])sc2C1. The molecule has 0 bridgehead atoms. The minimum absolute atomic E-state index is 0.0373. The molecule has 6 heteroatoms. The fourth-order valence-corrected chi connectivity index (χ4v) is 3.66. The van der Waals surface area contributed by atoms with Crippen molar-refractivity contribution in [1.82, 2.24) is 4.90 Å². The minimum Gasteiger partial charge on any atom is -0.768 e. The highest BCUT2D eigenvalue weighted by atomic mass is 32.2. The molecule has 1 aromatic heterocycles. The highest BCUT2D eigenvalue weighted by Crippen LogP contribution is 2.29. The number of rotatable bonds is 4. The van der Waals surface area contributed by atoms with E-state index < -0.39 is 11.1 Å². The molecule has 0 spiro atoms. The van der Waals surface area contributed by atoms with Crippen LogP contribution in [0, 0.1) is 0 Å². The average molecular weight is 272 g/mol. The molecule has 2 heterocycles. The maximum Gasteiger partial charge on any atom is 0.178 e. The Bertz CT molecular complexity index is 456. The number of thiophene rings is 1. The van der Waals surface area contributed by atoms with Crippen LogP contribution in [0.1, 0.15) is 35.0 Å². The van der Waals surface area contributed by atoms with Crippen molar-refractivity contribution in [3.63, 3.8) is 0 Å². The summed E-state index contributed by atoms with van der Waals surface area (Å²) in [5.41, 5.74) is 0.599. The molecule has 94 valence electrons. The fraction of sp³-hybridized carbons (Fsp3) is 0.545. The summed E-state index contributed by atoms with van der Waals surface area (Å²) in [6, 6.07) is 1.50. The second-order valence-electron chi connectivity index (χ2n) is 4.12. The van der Waals surface area contributed by atoms with E-state index in [0.717, 1.165) is 24.3 Å². The lowest BCUT2D eigenvalue weighted by Crippen LogP contribution is -2.34. The molecule has 0 aromatic carbocycles. The minimum atomic E-state index is -2.23. The first kappa shape index (κ1) is 12.9. The first-order valence-electron chi connectivity index (χ1n) is 5.59. The maximum absolute atomic E-state index is 11.9. The van der Waals surface area contributed by atoms with Gasteiger partial charge in [0, 0.05) is 17.0 Å². The van der Waals surface area contributed by atoms with Crippen molar-refractivity contribution in [2.45, 2.75) is 30.5 Å². The van der Waals surface area contributed by atoms with E-state index in [0.29, 0.717) is 18.7 Å². The lowest BCUT2D eigenvalue weighted by Gasteiger charge is -2.25. The molecule has 0 amide bonds. The molecular formula is C11H14NO3S2-. The molecule has 0 N–H and O–H groups in total. The Morgan fingerprint density at radius 1 is 1.53 bits per heavy atom. The summed E-state index contributed by atoms with van der Waals surface area (Å²) >= 11 is -1.02. The van der Waals surface area contributed by atoms with Crippen LogP contribution in [-0.4, -0.2) is 32.5 Å². The van der Waals surface area contributed by atoms with Crippen LogP contribution in [-0.2, 0) is 17.6 Å². The van der Waals surface area contributed by atoms with Gasteiger partial charge in [-0.15, -0.1) is 11.3 Å². The van der Waals surface area contributed by atoms with E-state index in [2.05, 4.69) is 11.8 Å². The van der Waals surface area contributed by atoms with E-state index >= 15 is 0 Å². The summed E-state index contributed by atoms with van der Waals surface area (Å²) in [5.74, 6) is 0.0373. The largest absolute Gasteiger partial charge is 0.768 e. The van der Waals surface area contributed by atoms with Crippen molar-refractivity contribution in [2.75, 3.05) is 13.1 Å². The Hall–Kier alpha value is -0.560. The van der Waals surface area contributed by atoms with Crippen LogP contribution in [0.2, 0.25) is 0 Å². The topological polar surface area (TPSA) is 60.4 Å². The number of carbonyl (C=O) groups is 1. The Labute approximate surface area is 107 Å². The van der Waals surface area contributed by atoms with Crippen LogP contribution in [0.15, 0.2) is 10.3 Å². The fourth-order valence-electron chi connectivity index (χ4n) is 1.93. The molecule has 0 fully saturated rings. The third-order valence-electron chi connectivity index (χ3n) is 2.81. The third-order valence-corrected chi connectivity index (χ3v) is 4.83. The van der Waals surface area contributed by atoms with E-state index in [1.807, 2.05) is 0 Å². The van der Waals surface area contributed by atoms with Crippen molar-refractivity contribution < 1.29 is 13.6 Å². The predicted octanol–water partition coefficient (Wildman–Crippen LogP) is 1.78. The molecule has 0 saturated heterocycles.